The fourth-order valence-corrected chi connectivity index (χ4v) is 10.8. The number of carboxylic acid groups (broad SMARTS) is 1. The van der Waals surface area contributed by atoms with Crippen LogP contribution >= 0.6 is 0 Å². The van der Waals surface area contributed by atoms with Crippen molar-refractivity contribution in [2.24, 2.45) is 0 Å². The number of carboxylic acids is 1. The normalized spacial score (nSPS) is 11.0. The van der Waals surface area contributed by atoms with Crippen LogP contribution in [0, 0.1) is 0 Å². The molecule has 0 aliphatic carbocycles. The molecule has 0 radical (unpaired) electrons. The minimum atomic E-state index is -1.25. The number of carbonyl (C=O) groups is 15. The number of para-hydroxylation sites is 8. The van der Waals surface area contributed by atoms with Crippen LogP contribution in [0.25, 0.3) is 0 Å². The summed E-state index contributed by atoms with van der Waals surface area (Å²) in [6.45, 7) is 30.1. The number of amides is 6. The fourth-order valence-electron chi connectivity index (χ4n) is 10.8. The van der Waals surface area contributed by atoms with E-state index in [1.807, 2.05) is 0 Å². The number of Topliss-reactive ketones (excluding diaryl/α,β-unsaturated/α-hetero) is 8. The quantitative estimate of drug-likeness (QED) is 0.0173. The van der Waals surface area contributed by atoms with E-state index in [4.69, 9.17) is 30.8 Å². The van der Waals surface area contributed by atoms with Gasteiger partial charge in [0.15, 0.2) is 0 Å². The lowest BCUT2D eigenvalue weighted by Gasteiger charge is -2.24. The van der Waals surface area contributed by atoms with E-state index in [1.165, 1.54) is 79.7 Å². The average molecular weight is 1590 g/mol. The van der Waals surface area contributed by atoms with Crippen molar-refractivity contribution in [3.8, 4) is 0 Å². The molecule has 8 rings (SSSR count). The molecule has 0 atom stereocenters. The summed E-state index contributed by atoms with van der Waals surface area (Å²) in [5.41, 5.74) is 14.3. The van der Waals surface area contributed by atoms with Gasteiger partial charge in [0.1, 0.15) is 85.7 Å². The van der Waals surface area contributed by atoms with Gasteiger partial charge in [-0.25, -0.2) is 19.2 Å². The summed E-state index contributed by atoms with van der Waals surface area (Å²) in [7, 11) is 0. The number of ether oxygens (including phenoxy) is 3. The zero-order valence-corrected chi connectivity index (χ0v) is 68.6. The number of aromatic carboxylic acids is 1. The molecule has 0 aliphatic heterocycles. The summed E-state index contributed by atoms with van der Waals surface area (Å²) < 4.78 is 15.6. The third-order valence-electron chi connectivity index (χ3n) is 17.3. The number of hydrogen-bond acceptors (Lipinski definition) is 20. The molecule has 0 unspecified atom stereocenters. The van der Waals surface area contributed by atoms with Gasteiger partial charge in [-0.15, -0.1) is 0 Å². The monoisotopic (exact) mass is 1590 g/mol. The fraction of sp³-hybridized carbons (Fsp3) is 0.292. The maximum Gasteiger partial charge on any atom is 0.412 e. The van der Waals surface area contributed by atoms with Crippen molar-refractivity contribution in [2.75, 3.05) is 43.4 Å². The maximum absolute atomic E-state index is 12.7. The Morgan fingerprint density at radius 1 is 0.284 bits per heavy atom. The maximum atomic E-state index is 12.7. The van der Waals surface area contributed by atoms with Gasteiger partial charge in [-0.1, -0.05) is 97.1 Å². The molecule has 0 spiro atoms. The smallest absolute Gasteiger partial charge is 0.412 e. The molecule has 0 saturated carbocycles. The number of ketones is 8. The zero-order chi connectivity index (χ0) is 87.5. The number of carbonyl (C=O) groups excluding carboxylic acids is 14. The lowest BCUT2D eigenvalue weighted by Crippen LogP contribution is -2.38. The third-order valence-corrected chi connectivity index (χ3v) is 17.3. The minimum Gasteiger partial charge on any atom is -0.478 e. The molecular weight excluding hydrogens is 1490 g/mol. The molecule has 27 heteroatoms. The van der Waals surface area contributed by atoms with E-state index in [2.05, 4.69) is 31.9 Å². The number of nitrogens with two attached hydrogens (primary N) is 2. The van der Waals surface area contributed by atoms with Gasteiger partial charge >= 0.3 is 24.2 Å². The van der Waals surface area contributed by atoms with Crippen LogP contribution in [0.15, 0.2) is 194 Å². The summed E-state index contributed by atoms with van der Waals surface area (Å²) >= 11 is 0. The summed E-state index contributed by atoms with van der Waals surface area (Å²) in [4.78, 5) is 178. The molecule has 0 bridgehead atoms. The molecule has 11 N–H and O–H groups in total. The van der Waals surface area contributed by atoms with E-state index in [1.54, 1.807) is 246 Å². The Morgan fingerprint density at radius 2 is 0.491 bits per heavy atom. The number of nitrogen functional groups attached to an aromatic ring is 2. The second-order valence-electron chi connectivity index (χ2n) is 30.0. The van der Waals surface area contributed by atoms with Gasteiger partial charge in [-0.2, -0.15) is 0 Å². The van der Waals surface area contributed by atoms with Crippen LogP contribution in [0.4, 0.5) is 59.9 Å². The number of benzene rings is 8. The highest BCUT2D eigenvalue weighted by molar-refractivity contribution is 6.13. The average Bonchev–Trinajstić information content (AvgIpc) is 0.830. The molecule has 27 nitrogen and oxygen atoms in total. The molecule has 6 amide bonds. The third kappa shape index (κ3) is 28.9. The number of hydrogen-bond donors (Lipinski definition) is 9. The summed E-state index contributed by atoms with van der Waals surface area (Å²) in [5.74, 6) is -5.74. The number of anilines is 8. The first-order valence-corrected chi connectivity index (χ1v) is 36.4. The Kier molecular flexibility index (Phi) is 34.1. The predicted octanol–water partition coefficient (Wildman–Crippen LogP) is 16.5. The Morgan fingerprint density at radius 3 is 0.724 bits per heavy atom. The van der Waals surface area contributed by atoms with Crippen molar-refractivity contribution in [1.29, 1.82) is 0 Å². The summed E-state index contributed by atoms with van der Waals surface area (Å²) in [5, 5.41) is 24.8. The summed E-state index contributed by atoms with van der Waals surface area (Å²) in [6, 6.07) is 52.3. The van der Waals surface area contributed by atoms with Crippen LogP contribution in [-0.4, -0.2) is 110 Å². The number of nitrogens with one attached hydrogen (secondary N) is 6. The van der Waals surface area contributed by atoms with Gasteiger partial charge < -0.3 is 46.7 Å². The highest BCUT2D eigenvalue weighted by atomic mass is 16.6. The second kappa shape index (κ2) is 41.8. The molecule has 8 aromatic carbocycles. The molecule has 612 valence electrons. The van der Waals surface area contributed by atoms with Crippen molar-refractivity contribution in [3.63, 3.8) is 0 Å². The predicted molar refractivity (Wildman–Crippen MR) is 446 cm³/mol. The largest absolute Gasteiger partial charge is 0.478 e. The highest BCUT2D eigenvalue weighted by Crippen LogP contribution is 2.31. The molecule has 0 saturated heterocycles. The first-order chi connectivity index (χ1) is 53.9. The van der Waals surface area contributed by atoms with Crippen LogP contribution in [0.5, 0.6) is 0 Å². The highest BCUT2D eigenvalue weighted by Gasteiger charge is 2.39. The van der Waals surface area contributed by atoms with E-state index in [0.717, 1.165) is 0 Å². The Balaban J connectivity index is 0.000000313. The van der Waals surface area contributed by atoms with Gasteiger partial charge in [0, 0.05) is 16.7 Å². The first-order valence-electron chi connectivity index (χ1n) is 36.4. The Bertz CT molecular complexity index is 4880. The standard InChI is InChI=1S/C24H28N2O5.C23H26N2O5.C19H20N2O3.C12H12O4.C11H16N2O2/c1-15(27)24(6,16(2)28)18-13-11-17(12-14-18)21(29)25-19-9-7-8-10-20(19)26-22(30)31-23(3,4)5;1-14(26)20(15(2)27)16-10-12-17(13-11-16)21(28)24-18-8-6-7-9-19(18)25-22(29)30-23(3,4)5;1-12(22)19(3,13(2)23)15-10-8-14(9-11-15)18(24)21-17-7-5-4-6-16(17)20;1-7(13)11(8(2)14)9-3-5-10(6-4-9)12(15)16;1-11(2,3)15-10(14)13-9-7-5-4-6-8(9)12/h7-14H,1-6H3,(H,25,29)(H,26,30);6-13,20H,1-5H3,(H,24,28)(H,25,29);4-11H,20H2,1-3H3,(H,21,24);3-6,11H,1-2H3,(H,15,16);4-7H,12H2,1-3H3,(H,13,14). The molecule has 116 heavy (non-hydrogen) atoms. The van der Waals surface area contributed by atoms with Gasteiger partial charge in [-0.05, 0) is 251 Å². The van der Waals surface area contributed by atoms with Crippen LogP contribution in [0.3, 0.4) is 0 Å². The molecule has 0 aliphatic rings. The Labute approximate surface area is 674 Å². The van der Waals surface area contributed by atoms with Crippen molar-refractivity contribution in [1.82, 2.24) is 0 Å². The molecule has 8 aromatic rings. The Hall–Kier alpha value is -13.6. The van der Waals surface area contributed by atoms with Crippen molar-refractivity contribution in [2.45, 2.75) is 171 Å². The van der Waals surface area contributed by atoms with Crippen LogP contribution in [0.1, 0.15) is 207 Å². The lowest BCUT2D eigenvalue weighted by atomic mass is 9.76. The minimum absolute atomic E-state index is 0.134. The topological polar surface area (TPSA) is 428 Å². The lowest BCUT2D eigenvalue weighted by molar-refractivity contribution is -0.133. The van der Waals surface area contributed by atoms with Crippen molar-refractivity contribution in [3.05, 3.63) is 239 Å². The van der Waals surface area contributed by atoms with Crippen LogP contribution in [-0.2, 0) is 63.4 Å². The van der Waals surface area contributed by atoms with E-state index in [0.29, 0.717) is 84.4 Å². The second-order valence-corrected chi connectivity index (χ2v) is 30.0. The molecule has 0 heterocycles. The zero-order valence-electron chi connectivity index (χ0n) is 68.6. The van der Waals surface area contributed by atoms with E-state index >= 15 is 0 Å². The van der Waals surface area contributed by atoms with Crippen LogP contribution in [0.2, 0.25) is 0 Å². The summed E-state index contributed by atoms with van der Waals surface area (Å²) in [6.07, 6.45) is -1.76. The SMILES string of the molecule is CC(=O)C(C(C)=O)c1ccc(C(=O)Nc2ccccc2NC(=O)OC(C)(C)C)cc1.CC(=O)C(C(C)=O)c1ccc(C(=O)O)cc1.CC(=O)C(C)(C(C)=O)c1ccc(C(=O)Nc2ccccc2N)cc1.CC(=O)C(C)(C(C)=O)c1ccc(C(=O)Nc2ccccc2NC(=O)OC(C)(C)C)cc1.CC(C)(C)OC(=O)Nc1ccccc1N. The van der Waals surface area contributed by atoms with Crippen LogP contribution < -0.4 is 43.4 Å². The van der Waals surface area contributed by atoms with E-state index in [-0.39, 0.29) is 57.7 Å². The van der Waals surface area contributed by atoms with Crippen molar-refractivity contribution < 1.29 is 91.2 Å². The van der Waals surface area contributed by atoms with E-state index in [9.17, 15) is 71.9 Å². The van der Waals surface area contributed by atoms with Crippen molar-refractivity contribution >= 4 is 134 Å². The van der Waals surface area contributed by atoms with Gasteiger partial charge in [0.2, 0.25) is 0 Å². The molecule has 0 fully saturated rings. The molecular formula is C89H102N8O19. The van der Waals surface area contributed by atoms with Gasteiger partial charge in [-0.3, -0.25) is 68.7 Å². The van der Waals surface area contributed by atoms with Gasteiger partial charge in [0.05, 0.1) is 51.1 Å². The number of rotatable bonds is 22. The van der Waals surface area contributed by atoms with Gasteiger partial charge in [0.25, 0.3) is 17.7 Å². The first kappa shape index (κ1) is 94.8. The molecule has 0 aromatic heterocycles. The van der Waals surface area contributed by atoms with E-state index < -0.39 is 75.5 Å².